The van der Waals surface area contributed by atoms with Gasteiger partial charge in [-0.1, -0.05) is 51.4 Å². The Morgan fingerprint density at radius 3 is 2.22 bits per heavy atom. The minimum atomic E-state index is -0.361. The molecule has 0 unspecified atom stereocenters. The molecule has 0 spiro atoms. The molecule has 0 aromatic carbocycles. The summed E-state index contributed by atoms with van der Waals surface area (Å²) >= 11 is 0. The lowest BCUT2D eigenvalue weighted by Crippen LogP contribution is -2.23. The van der Waals surface area contributed by atoms with Gasteiger partial charge in [-0.3, -0.25) is 4.79 Å². The van der Waals surface area contributed by atoms with E-state index < -0.39 is 0 Å². The summed E-state index contributed by atoms with van der Waals surface area (Å²) in [4.78, 5) is 26.7. The van der Waals surface area contributed by atoms with Crippen molar-refractivity contribution in [3.05, 3.63) is 18.7 Å². The molecule has 1 aromatic rings. The van der Waals surface area contributed by atoms with Crippen molar-refractivity contribution in [1.29, 1.82) is 0 Å². The SMILES string of the molecule is C#CCCC(=O)NCCCCCCCCCCCCOC(=O)n1ccnc1. The lowest BCUT2D eigenvalue weighted by molar-refractivity contribution is -0.120. The van der Waals surface area contributed by atoms with Crippen molar-refractivity contribution in [1.82, 2.24) is 14.9 Å². The standard InChI is InChI=1S/C21H33N3O3/c1-2-3-14-20(25)23-15-12-10-8-6-4-5-7-9-11-13-18-27-21(26)24-17-16-22-19-24/h1,16-17,19H,3-15,18H2,(H,23,25). The summed E-state index contributed by atoms with van der Waals surface area (Å²) in [5, 5.41) is 2.90. The zero-order chi connectivity index (χ0) is 19.6. The van der Waals surface area contributed by atoms with E-state index in [9.17, 15) is 9.59 Å². The van der Waals surface area contributed by atoms with E-state index in [0.29, 0.717) is 19.4 Å². The Kier molecular flexibility index (Phi) is 13.4. The van der Waals surface area contributed by atoms with Gasteiger partial charge < -0.3 is 10.1 Å². The summed E-state index contributed by atoms with van der Waals surface area (Å²) in [5.74, 6) is 2.53. The average molecular weight is 376 g/mol. The molecule has 150 valence electrons. The molecule has 0 saturated heterocycles. The zero-order valence-corrected chi connectivity index (χ0v) is 16.3. The number of aromatic nitrogens is 2. The molecule has 0 aliphatic carbocycles. The summed E-state index contributed by atoms with van der Waals surface area (Å²) in [6, 6.07) is 0. The van der Waals surface area contributed by atoms with E-state index in [-0.39, 0.29) is 12.0 Å². The second-order valence-electron chi connectivity index (χ2n) is 6.67. The number of nitrogens with one attached hydrogen (secondary N) is 1. The van der Waals surface area contributed by atoms with Crippen LogP contribution in [0.2, 0.25) is 0 Å². The van der Waals surface area contributed by atoms with E-state index in [1.165, 1.54) is 49.4 Å². The predicted octanol–water partition coefficient (Wildman–Crippen LogP) is 4.30. The van der Waals surface area contributed by atoms with Crippen molar-refractivity contribution >= 4 is 12.0 Å². The van der Waals surface area contributed by atoms with Gasteiger partial charge in [0.2, 0.25) is 5.91 Å². The second-order valence-corrected chi connectivity index (χ2v) is 6.67. The molecule has 6 heteroatoms. The number of nitrogens with zero attached hydrogens (tertiary/aromatic N) is 2. The summed E-state index contributed by atoms with van der Waals surface area (Å²) in [7, 11) is 0. The number of imidazole rings is 1. The molecule has 6 nitrogen and oxygen atoms in total. The monoisotopic (exact) mass is 375 g/mol. The average Bonchev–Trinajstić information content (AvgIpc) is 3.21. The Bertz CT molecular complexity index is 550. The third kappa shape index (κ3) is 12.7. The van der Waals surface area contributed by atoms with Crippen LogP contribution in [0.25, 0.3) is 0 Å². The van der Waals surface area contributed by atoms with Gasteiger partial charge in [-0.15, -0.1) is 12.3 Å². The topological polar surface area (TPSA) is 73.2 Å². The molecule has 0 aliphatic rings. The molecule has 1 aromatic heterocycles. The quantitative estimate of drug-likeness (QED) is 0.366. The fourth-order valence-corrected chi connectivity index (χ4v) is 2.74. The van der Waals surface area contributed by atoms with Crippen LogP contribution in [0, 0.1) is 12.3 Å². The van der Waals surface area contributed by atoms with Crippen LogP contribution in [0.1, 0.15) is 77.0 Å². The van der Waals surface area contributed by atoms with Crippen LogP contribution in [0.5, 0.6) is 0 Å². The maximum atomic E-state index is 11.6. The lowest BCUT2D eigenvalue weighted by Gasteiger charge is -2.05. The van der Waals surface area contributed by atoms with Gasteiger partial charge in [0.15, 0.2) is 0 Å². The molecular weight excluding hydrogens is 342 g/mol. The summed E-state index contributed by atoms with van der Waals surface area (Å²) < 4.78 is 6.50. The predicted molar refractivity (Wildman–Crippen MR) is 106 cm³/mol. The maximum Gasteiger partial charge on any atom is 0.419 e. The Morgan fingerprint density at radius 1 is 1.00 bits per heavy atom. The van der Waals surface area contributed by atoms with Crippen LogP contribution < -0.4 is 5.32 Å². The van der Waals surface area contributed by atoms with Gasteiger partial charge in [-0.25, -0.2) is 14.3 Å². The molecule has 0 saturated carbocycles. The highest BCUT2D eigenvalue weighted by Gasteiger charge is 2.03. The maximum absolute atomic E-state index is 11.6. The Labute approximate surface area is 163 Å². The number of carbonyl (C=O) groups excluding carboxylic acids is 2. The number of hydrogen-bond acceptors (Lipinski definition) is 4. The first-order valence-corrected chi connectivity index (χ1v) is 10.1. The Morgan fingerprint density at radius 2 is 1.63 bits per heavy atom. The fourth-order valence-electron chi connectivity index (χ4n) is 2.74. The summed E-state index contributed by atoms with van der Waals surface area (Å²) in [5.41, 5.74) is 0. The van der Waals surface area contributed by atoms with Crippen LogP contribution in [0.3, 0.4) is 0 Å². The van der Waals surface area contributed by atoms with Gasteiger partial charge in [0.25, 0.3) is 0 Å². The summed E-state index contributed by atoms with van der Waals surface area (Å²) in [6.07, 6.45) is 21.9. The highest BCUT2D eigenvalue weighted by atomic mass is 16.5. The van der Waals surface area contributed by atoms with Crippen LogP contribution in [0.15, 0.2) is 18.7 Å². The van der Waals surface area contributed by atoms with Gasteiger partial charge in [0.1, 0.15) is 6.33 Å². The number of unbranched alkanes of at least 4 members (excludes halogenated alkanes) is 9. The van der Waals surface area contributed by atoms with Crippen molar-refractivity contribution in [3.8, 4) is 12.3 Å². The highest BCUT2D eigenvalue weighted by molar-refractivity contribution is 5.76. The van der Waals surface area contributed by atoms with Crippen LogP contribution in [-0.2, 0) is 9.53 Å². The largest absolute Gasteiger partial charge is 0.449 e. The third-order valence-electron chi connectivity index (χ3n) is 4.33. The molecule has 0 radical (unpaired) electrons. The highest BCUT2D eigenvalue weighted by Crippen LogP contribution is 2.10. The first-order chi connectivity index (χ1) is 13.2. The normalized spacial score (nSPS) is 10.3. The number of ether oxygens (including phenoxy) is 1. The van der Waals surface area contributed by atoms with E-state index in [0.717, 1.165) is 32.2 Å². The zero-order valence-electron chi connectivity index (χ0n) is 16.3. The van der Waals surface area contributed by atoms with Crippen molar-refractivity contribution in [2.45, 2.75) is 77.0 Å². The number of rotatable bonds is 15. The number of amides is 1. The van der Waals surface area contributed by atoms with Gasteiger partial charge >= 0.3 is 6.09 Å². The van der Waals surface area contributed by atoms with E-state index in [2.05, 4.69) is 16.2 Å². The Hall–Kier alpha value is -2.29. The van der Waals surface area contributed by atoms with E-state index >= 15 is 0 Å². The van der Waals surface area contributed by atoms with Gasteiger partial charge in [0, 0.05) is 31.8 Å². The van der Waals surface area contributed by atoms with Gasteiger partial charge in [0.05, 0.1) is 6.61 Å². The van der Waals surface area contributed by atoms with E-state index in [1.54, 1.807) is 12.4 Å². The first-order valence-electron chi connectivity index (χ1n) is 10.1. The van der Waals surface area contributed by atoms with E-state index in [1.807, 2.05) is 0 Å². The Balaban J connectivity index is 1.76. The third-order valence-corrected chi connectivity index (χ3v) is 4.33. The smallest absolute Gasteiger partial charge is 0.419 e. The van der Waals surface area contributed by atoms with Crippen LogP contribution >= 0.6 is 0 Å². The van der Waals surface area contributed by atoms with Crippen molar-refractivity contribution < 1.29 is 14.3 Å². The van der Waals surface area contributed by atoms with Gasteiger partial charge in [-0.05, 0) is 12.8 Å². The number of terminal acetylenes is 1. The first kappa shape index (κ1) is 22.8. The van der Waals surface area contributed by atoms with Crippen molar-refractivity contribution in [3.63, 3.8) is 0 Å². The van der Waals surface area contributed by atoms with E-state index in [4.69, 9.17) is 11.2 Å². The number of carbonyl (C=O) groups is 2. The molecule has 27 heavy (non-hydrogen) atoms. The fraction of sp³-hybridized carbons (Fsp3) is 0.667. The van der Waals surface area contributed by atoms with Crippen molar-refractivity contribution in [2.24, 2.45) is 0 Å². The van der Waals surface area contributed by atoms with Gasteiger partial charge in [-0.2, -0.15) is 0 Å². The number of hydrogen-bond donors (Lipinski definition) is 1. The second kappa shape index (κ2) is 15.9. The molecule has 0 atom stereocenters. The molecule has 0 aliphatic heterocycles. The minimum absolute atomic E-state index is 0.0597. The van der Waals surface area contributed by atoms with Crippen LogP contribution in [-0.4, -0.2) is 34.7 Å². The molecular formula is C21H33N3O3. The van der Waals surface area contributed by atoms with Crippen LogP contribution in [0.4, 0.5) is 4.79 Å². The lowest BCUT2D eigenvalue weighted by atomic mass is 10.1. The molecule has 0 bridgehead atoms. The molecule has 1 heterocycles. The molecule has 1 amide bonds. The molecule has 1 N–H and O–H groups in total. The molecule has 0 fully saturated rings. The van der Waals surface area contributed by atoms with Crippen molar-refractivity contribution in [2.75, 3.05) is 13.2 Å². The molecule has 1 rings (SSSR count). The minimum Gasteiger partial charge on any atom is -0.449 e. The summed E-state index contributed by atoms with van der Waals surface area (Å²) in [6.45, 7) is 1.23.